The maximum absolute atomic E-state index is 16.1. The highest BCUT2D eigenvalue weighted by molar-refractivity contribution is 6.05. The Balaban J connectivity index is 0.938. The summed E-state index contributed by atoms with van der Waals surface area (Å²) >= 11 is 0. The van der Waals surface area contributed by atoms with Gasteiger partial charge < -0.3 is 44.6 Å². The molecular weight excluding hydrogens is 796 g/mol. The van der Waals surface area contributed by atoms with Gasteiger partial charge in [0.15, 0.2) is 0 Å². The van der Waals surface area contributed by atoms with E-state index in [2.05, 4.69) is 20.6 Å². The molecule has 1 aliphatic carbocycles. The zero-order valence-electron chi connectivity index (χ0n) is 35.4. The Kier molecular flexibility index (Phi) is 11.4. The van der Waals surface area contributed by atoms with E-state index in [1.165, 1.54) is 20.3 Å². The molecule has 0 unspecified atom stereocenters. The van der Waals surface area contributed by atoms with Crippen molar-refractivity contribution in [2.24, 2.45) is 17.8 Å². The smallest absolute Gasteiger partial charge is 0.407 e. The van der Waals surface area contributed by atoms with Gasteiger partial charge in [0.05, 0.1) is 49.2 Å². The second-order valence-corrected chi connectivity index (χ2v) is 17.4. The number of hydrogen-bond acceptors (Lipinski definition) is 9. The topological polar surface area (TPSA) is 184 Å². The summed E-state index contributed by atoms with van der Waals surface area (Å²) < 4.78 is 31.4. The number of fused-ring (bicyclic) bond motifs is 5. The Hall–Kier alpha value is -6.03. The number of nitrogens with one attached hydrogen (secondary N) is 4. The third-order valence-corrected chi connectivity index (χ3v) is 13.5. The summed E-state index contributed by atoms with van der Waals surface area (Å²) in [6.45, 7) is 5.39. The molecular formula is C46H53FN8O7. The minimum Gasteiger partial charge on any atom is -0.453 e. The molecule has 4 fully saturated rings. The molecule has 5 heterocycles. The number of imidazole rings is 2. The molecule has 62 heavy (non-hydrogen) atoms. The number of piperidine rings is 1. The van der Waals surface area contributed by atoms with Gasteiger partial charge in [-0.2, -0.15) is 0 Å². The first-order valence-electron chi connectivity index (χ1n) is 21.7. The number of methoxy groups -OCH3 is 2. The zero-order valence-corrected chi connectivity index (χ0v) is 35.4. The summed E-state index contributed by atoms with van der Waals surface area (Å²) in [6, 6.07) is 13.1. The van der Waals surface area contributed by atoms with E-state index in [-0.39, 0.29) is 47.7 Å². The molecule has 15 nitrogen and oxygen atoms in total. The van der Waals surface area contributed by atoms with Crippen LogP contribution < -0.4 is 10.6 Å². The van der Waals surface area contributed by atoms with Crippen molar-refractivity contribution in [3.05, 3.63) is 72.2 Å². The third-order valence-electron chi connectivity index (χ3n) is 13.5. The fraction of sp³-hybridized carbons (Fsp3) is 0.478. The fourth-order valence-corrected chi connectivity index (χ4v) is 10.3. The van der Waals surface area contributed by atoms with Crippen LogP contribution in [0, 0.1) is 23.6 Å². The molecule has 4 aliphatic rings. The van der Waals surface area contributed by atoms with Crippen molar-refractivity contribution in [2.45, 2.75) is 89.0 Å². The Morgan fingerprint density at radius 2 is 1.63 bits per heavy atom. The first-order chi connectivity index (χ1) is 30.0. The van der Waals surface area contributed by atoms with Crippen LogP contribution in [0.25, 0.3) is 44.2 Å². The average molecular weight is 849 g/mol. The highest BCUT2D eigenvalue weighted by Gasteiger charge is 2.52. The minimum absolute atomic E-state index is 0.0335. The van der Waals surface area contributed by atoms with Gasteiger partial charge in [-0.15, -0.1) is 0 Å². The molecule has 0 radical (unpaired) electrons. The summed E-state index contributed by atoms with van der Waals surface area (Å²) in [5.41, 5.74) is 4.06. The Labute approximate surface area is 358 Å². The Bertz CT molecular complexity index is 2510. The van der Waals surface area contributed by atoms with Crippen molar-refractivity contribution < 1.29 is 37.8 Å². The number of likely N-dealkylation sites (tertiary alicyclic amines) is 2. The molecule has 0 spiro atoms. The number of nitrogens with zero attached hydrogens (tertiary/aromatic N) is 4. The Morgan fingerprint density at radius 3 is 2.39 bits per heavy atom. The number of hydrogen-bond donors (Lipinski definition) is 4. The van der Waals surface area contributed by atoms with Gasteiger partial charge in [0.25, 0.3) is 0 Å². The van der Waals surface area contributed by atoms with E-state index in [1.54, 1.807) is 17.2 Å². The molecule has 9 rings (SSSR count). The van der Waals surface area contributed by atoms with Gasteiger partial charge in [-0.1, -0.05) is 38.1 Å². The summed E-state index contributed by atoms with van der Waals surface area (Å²) in [5.74, 6) is 0.564. The van der Waals surface area contributed by atoms with Gasteiger partial charge in [0.2, 0.25) is 11.8 Å². The van der Waals surface area contributed by atoms with Crippen LogP contribution in [0.2, 0.25) is 0 Å². The number of alkyl carbamates (subject to hydrolysis) is 2. The van der Waals surface area contributed by atoms with E-state index < -0.39 is 30.1 Å². The second-order valence-electron chi connectivity index (χ2n) is 17.4. The molecule has 6 atom stereocenters. The van der Waals surface area contributed by atoms with E-state index in [4.69, 9.17) is 24.2 Å². The molecule has 16 heteroatoms. The fourth-order valence-electron chi connectivity index (χ4n) is 10.3. The van der Waals surface area contributed by atoms with Crippen molar-refractivity contribution >= 4 is 45.8 Å². The predicted molar refractivity (Wildman–Crippen MR) is 228 cm³/mol. The zero-order chi connectivity index (χ0) is 43.2. The Morgan fingerprint density at radius 1 is 0.871 bits per heavy atom. The quantitative estimate of drug-likeness (QED) is 0.113. The number of benzene rings is 3. The highest BCUT2D eigenvalue weighted by atomic mass is 19.1. The standard InChI is InChI=1S/C46H53FN8O7/c1-24(2)37(52-45(58)60-3)43(56)54-17-5-6-36(54)41-49-34-14-10-28-20-26(8-12-31(28)39(34)51-41)27-9-13-32(33(47)22-27)35-23-48-42(50-35)40-29-7-11-30(21-29)55(40)44(57)38(53-46(59)61-4)25-15-18-62-19-16-25/h8-10,12-14,20,22-25,29-30,36-38,40H,5-7,11,15-19,21H2,1-4H3,(H,48,50)(H,49,51)(H,52,58)(H,53,59)/t29-,30+,36-,37-,38-,40-/m0/s1. The number of amides is 4. The number of aromatic nitrogens is 4. The number of rotatable bonds is 10. The number of aromatic amines is 2. The van der Waals surface area contributed by atoms with Crippen molar-refractivity contribution in [1.29, 1.82) is 0 Å². The van der Waals surface area contributed by atoms with Gasteiger partial charge in [-0.05, 0) is 103 Å². The van der Waals surface area contributed by atoms with Crippen molar-refractivity contribution in [3.63, 3.8) is 0 Å². The molecule has 2 bridgehead atoms. The van der Waals surface area contributed by atoms with E-state index in [1.807, 2.05) is 55.1 Å². The van der Waals surface area contributed by atoms with E-state index in [9.17, 15) is 19.2 Å². The van der Waals surface area contributed by atoms with E-state index in [0.717, 1.165) is 59.5 Å². The average Bonchev–Trinajstić information content (AvgIpc) is 4.15. The normalized spacial score (nSPS) is 22.4. The maximum Gasteiger partial charge on any atom is 0.407 e. The molecule has 1 saturated carbocycles. The van der Waals surface area contributed by atoms with Crippen LogP contribution in [0.1, 0.15) is 82.5 Å². The van der Waals surface area contributed by atoms with Crippen LogP contribution in [0.4, 0.5) is 14.0 Å². The molecule has 2 aromatic heterocycles. The van der Waals surface area contributed by atoms with E-state index >= 15 is 4.39 Å². The van der Waals surface area contributed by atoms with Crippen molar-refractivity contribution in [3.8, 4) is 22.4 Å². The van der Waals surface area contributed by atoms with Gasteiger partial charge in [-0.3, -0.25) is 9.59 Å². The lowest BCUT2D eigenvalue weighted by Crippen LogP contribution is -2.55. The van der Waals surface area contributed by atoms with Crippen LogP contribution in [0.3, 0.4) is 0 Å². The largest absolute Gasteiger partial charge is 0.453 e. The maximum atomic E-state index is 16.1. The first kappa shape index (κ1) is 41.3. The van der Waals surface area contributed by atoms with Crippen LogP contribution in [-0.2, 0) is 23.8 Å². The lowest BCUT2D eigenvalue weighted by molar-refractivity contribution is -0.140. The van der Waals surface area contributed by atoms with Crippen molar-refractivity contribution in [1.82, 2.24) is 40.4 Å². The van der Waals surface area contributed by atoms with Crippen LogP contribution >= 0.6 is 0 Å². The summed E-state index contributed by atoms with van der Waals surface area (Å²) in [5, 5.41) is 7.39. The predicted octanol–water partition coefficient (Wildman–Crippen LogP) is 7.16. The summed E-state index contributed by atoms with van der Waals surface area (Å²) in [6.07, 6.45) is 5.91. The monoisotopic (exact) mass is 848 g/mol. The lowest BCUT2D eigenvalue weighted by atomic mass is 9.89. The van der Waals surface area contributed by atoms with Crippen LogP contribution in [-0.4, -0.2) is 106 Å². The lowest BCUT2D eigenvalue weighted by Gasteiger charge is -2.39. The van der Waals surface area contributed by atoms with Gasteiger partial charge in [0, 0.05) is 36.8 Å². The van der Waals surface area contributed by atoms with Crippen LogP contribution in [0.15, 0.2) is 54.7 Å². The van der Waals surface area contributed by atoms with Gasteiger partial charge >= 0.3 is 12.2 Å². The molecule has 326 valence electrons. The number of carbonyl (C=O) groups is 4. The number of H-pyrrole nitrogens is 2. The first-order valence-corrected chi connectivity index (χ1v) is 21.7. The molecule has 3 aromatic carbocycles. The number of halogens is 1. The van der Waals surface area contributed by atoms with E-state index in [0.29, 0.717) is 61.1 Å². The SMILES string of the molecule is COC(=O)N[C@H](C(=O)N1CCC[C@H]1c1nc2c(ccc3cc(-c4ccc(-c5cnc([C@@H]6[C@H]7CC[C@H](C7)N6C(=O)[C@@H](NC(=O)OC)C6CCOCC6)[nH]5)c(F)c4)ccc32)[nH]1)C(C)C. The highest BCUT2D eigenvalue weighted by Crippen LogP contribution is 2.50. The second kappa shape index (κ2) is 17.0. The van der Waals surface area contributed by atoms with Gasteiger partial charge in [-0.25, -0.2) is 23.9 Å². The molecule has 3 aliphatic heterocycles. The molecule has 3 saturated heterocycles. The molecule has 5 aromatic rings. The minimum atomic E-state index is -0.743. The van der Waals surface area contributed by atoms with Crippen molar-refractivity contribution in [2.75, 3.05) is 34.0 Å². The number of carbonyl (C=O) groups excluding carboxylic acids is 4. The summed E-state index contributed by atoms with van der Waals surface area (Å²) in [4.78, 5) is 72.8. The van der Waals surface area contributed by atoms with Crippen LogP contribution in [0.5, 0.6) is 0 Å². The molecule has 4 N–H and O–H groups in total. The number of ether oxygens (including phenoxy) is 3. The molecule has 4 amide bonds. The van der Waals surface area contributed by atoms with Gasteiger partial charge in [0.1, 0.15) is 29.5 Å². The summed E-state index contributed by atoms with van der Waals surface area (Å²) in [7, 11) is 2.57. The third kappa shape index (κ3) is 7.62.